The predicted molar refractivity (Wildman–Crippen MR) is 106 cm³/mol. The van der Waals surface area contributed by atoms with Crippen LogP contribution in [0.1, 0.15) is 32.3 Å². The third-order valence-corrected chi connectivity index (χ3v) is 4.79. The molecule has 28 heavy (non-hydrogen) atoms. The molecule has 144 valence electrons. The minimum absolute atomic E-state index is 0.149. The van der Waals surface area contributed by atoms with Gasteiger partial charge in [0.05, 0.1) is 29.1 Å². The third kappa shape index (κ3) is 3.64. The molecule has 1 aliphatic heterocycles. The van der Waals surface area contributed by atoms with Crippen molar-refractivity contribution in [3.63, 3.8) is 0 Å². The Balaban J connectivity index is 1.75. The Labute approximate surface area is 163 Å². The number of aliphatic hydroxyl groups is 1. The van der Waals surface area contributed by atoms with E-state index in [-0.39, 0.29) is 6.61 Å². The van der Waals surface area contributed by atoms with Gasteiger partial charge in [-0.15, -0.1) is 0 Å². The summed E-state index contributed by atoms with van der Waals surface area (Å²) in [6, 6.07) is 8.11. The molecule has 0 unspecified atom stereocenters. The summed E-state index contributed by atoms with van der Waals surface area (Å²) in [5.74, 6) is 1.54. The van der Waals surface area contributed by atoms with Crippen LogP contribution in [0.2, 0.25) is 0 Å². The zero-order valence-corrected chi connectivity index (χ0v) is 16.1. The van der Waals surface area contributed by atoms with Crippen LogP contribution in [0.25, 0.3) is 16.6 Å². The summed E-state index contributed by atoms with van der Waals surface area (Å²) in [5, 5.41) is 23.7. The topological polar surface area (TPSA) is 86.7 Å². The molecular weight excluding hydrogens is 354 g/mol. The van der Waals surface area contributed by atoms with Crippen LogP contribution in [0.3, 0.4) is 0 Å². The molecule has 0 bridgehead atoms. The maximum absolute atomic E-state index is 9.95. The maximum atomic E-state index is 9.95. The van der Waals surface area contributed by atoms with Crippen LogP contribution in [0.5, 0.6) is 5.75 Å². The van der Waals surface area contributed by atoms with Gasteiger partial charge in [-0.1, -0.05) is 0 Å². The molecule has 3 aromatic rings. The fourth-order valence-corrected chi connectivity index (χ4v) is 3.42. The lowest BCUT2D eigenvalue weighted by Gasteiger charge is -2.19. The highest BCUT2D eigenvalue weighted by Gasteiger charge is 2.18. The van der Waals surface area contributed by atoms with Crippen molar-refractivity contribution in [3.05, 3.63) is 42.4 Å². The van der Waals surface area contributed by atoms with Gasteiger partial charge in [0.15, 0.2) is 0 Å². The van der Waals surface area contributed by atoms with Crippen LogP contribution in [0.4, 0.5) is 5.82 Å². The molecule has 0 amide bonds. The van der Waals surface area contributed by atoms with Crippen LogP contribution >= 0.6 is 0 Å². The van der Waals surface area contributed by atoms with Crippen LogP contribution < -0.4 is 9.64 Å². The second-order valence-electron chi connectivity index (χ2n) is 7.75. The van der Waals surface area contributed by atoms with E-state index >= 15 is 0 Å². The van der Waals surface area contributed by atoms with E-state index in [0.29, 0.717) is 16.8 Å². The standard InChI is InChI=1S/C21H23N5O2/c1-21(2,27)14-28-17-9-18(20-16(10-22)12-24-26(20)13-17)15-5-6-19(23-11-15)25-7-3-4-8-25/h5-6,9,11-13,27H,3-4,7-8,14H2,1-2H3. The van der Waals surface area contributed by atoms with Gasteiger partial charge in [0.2, 0.25) is 0 Å². The van der Waals surface area contributed by atoms with E-state index in [2.05, 4.69) is 21.1 Å². The molecule has 0 aromatic carbocycles. The van der Waals surface area contributed by atoms with Crippen LogP contribution in [0.15, 0.2) is 36.8 Å². The summed E-state index contributed by atoms with van der Waals surface area (Å²) in [7, 11) is 0. The molecule has 1 aliphatic rings. The summed E-state index contributed by atoms with van der Waals surface area (Å²) in [6.45, 7) is 5.61. The fraction of sp³-hybridized carbons (Fsp3) is 0.381. The lowest BCUT2D eigenvalue weighted by atomic mass is 10.1. The van der Waals surface area contributed by atoms with Gasteiger partial charge in [-0.25, -0.2) is 9.50 Å². The summed E-state index contributed by atoms with van der Waals surface area (Å²) in [5.41, 5.74) is 1.97. The average Bonchev–Trinajstić information content (AvgIpc) is 3.35. The van der Waals surface area contributed by atoms with Gasteiger partial charge in [0.1, 0.15) is 24.2 Å². The quantitative estimate of drug-likeness (QED) is 0.735. The van der Waals surface area contributed by atoms with Crippen molar-refractivity contribution in [1.82, 2.24) is 14.6 Å². The zero-order valence-electron chi connectivity index (χ0n) is 16.1. The molecular formula is C21H23N5O2. The highest BCUT2D eigenvalue weighted by molar-refractivity contribution is 5.85. The Hall–Kier alpha value is -3.11. The van der Waals surface area contributed by atoms with Gasteiger partial charge in [-0.2, -0.15) is 10.4 Å². The second-order valence-corrected chi connectivity index (χ2v) is 7.75. The van der Waals surface area contributed by atoms with Crippen molar-refractivity contribution in [2.45, 2.75) is 32.3 Å². The number of pyridine rings is 2. The third-order valence-electron chi connectivity index (χ3n) is 4.79. The molecule has 0 saturated carbocycles. The van der Waals surface area contributed by atoms with E-state index in [9.17, 15) is 10.4 Å². The van der Waals surface area contributed by atoms with E-state index < -0.39 is 5.60 Å². The van der Waals surface area contributed by atoms with Crippen LogP contribution in [0, 0.1) is 11.3 Å². The van der Waals surface area contributed by atoms with Crippen molar-refractivity contribution < 1.29 is 9.84 Å². The number of nitrogens with zero attached hydrogens (tertiary/aromatic N) is 5. The second kappa shape index (κ2) is 7.13. The van der Waals surface area contributed by atoms with Crippen molar-refractivity contribution in [2.24, 2.45) is 0 Å². The zero-order chi connectivity index (χ0) is 19.7. The predicted octanol–water partition coefficient (Wildman–Crippen LogP) is 3.02. The van der Waals surface area contributed by atoms with Gasteiger partial charge in [-0.05, 0) is 44.9 Å². The lowest BCUT2D eigenvalue weighted by Crippen LogP contribution is -2.27. The Morgan fingerprint density at radius 2 is 2.04 bits per heavy atom. The monoisotopic (exact) mass is 377 g/mol. The number of anilines is 1. The minimum Gasteiger partial charge on any atom is -0.489 e. The molecule has 7 heteroatoms. The van der Waals surface area contributed by atoms with Crippen molar-refractivity contribution >= 4 is 11.3 Å². The van der Waals surface area contributed by atoms with E-state index in [1.54, 1.807) is 30.8 Å². The number of hydrogen-bond donors (Lipinski definition) is 1. The molecule has 1 fully saturated rings. The number of fused-ring (bicyclic) bond motifs is 1. The van der Waals surface area contributed by atoms with E-state index in [0.717, 1.165) is 30.0 Å². The Kier molecular flexibility index (Phi) is 4.65. The molecule has 0 radical (unpaired) electrons. The van der Waals surface area contributed by atoms with Crippen LogP contribution in [-0.2, 0) is 0 Å². The first-order valence-electron chi connectivity index (χ1n) is 9.43. The lowest BCUT2D eigenvalue weighted by molar-refractivity contribution is 0.0283. The number of nitriles is 1. The highest BCUT2D eigenvalue weighted by atomic mass is 16.5. The van der Waals surface area contributed by atoms with E-state index in [1.807, 2.05) is 24.4 Å². The van der Waals surface area contributed by atoms with Gasteiger partial charge in [0.25, 0.3) is 0 Å². The van der Waals surface area contributed by atoms with E-state index in [4.69, 9.17) is 4.74 Å². The summed E-state index contributed by atoms with van der Waals surface area (Å²) < 4.78 is 7.41. The molecule has 3 aromatic heterocycles. The van der Waals surface area contributed by atoms with Crippen molar-refractivity contribution in [2.75, 3.05) is 24.6 Å². The molecule has 0 atom stereocenters. The largest absolute Gasteiger partial charge is 0.489 e. The average molecular weight is 377 g/mol. The summed E-state index contributed by atoms with van der Waals surface area (Å²) in [6.07, 6.45) is 7.50. The molecule has 0 aliphatic carbocycles. The minimum atomic E-state index is -0.948. The normalized spacial score (nSPS) is 14.4. The molecule has 4 heterocycles. The molecule has 0 spiro atoms. The molecule has 4 rings (SSSR count). The van der Waals surface area contributed by atoms with Gasteiger partial charge in [0, 0.05) is 30.4 Å². The number of aromatic nitrogens is 3. The molecule has 7 nitrogen and oxygen atoms in total. The van der Waals surface area contributed by atoms with Gasteiger partial charge in [-0.3, -0.25) is 0 Å². The van der Waals surface area contributed by atoms with Crippen molar-refractivity contribution in [1.29, 1.82) is 5.26 Å². The number of ether oxygens (including phenoxy) is 1. The summed E-state index contributed by atoms with van der Waals surface area (Å²) in [4.78, 5) is 6.91. The molecule has 1 N–H and O–H groups in total. The SMILES string of the molecule is CC(C)(O)COc1cc(-c2ccc(N3CCCC3)nc2)c2c(C#N)cnn2c1. The number of rotatable bonds is 5. The van der Waals surface area contributed by atoms with Crippen molar-refractivity contribution in [3.8, 4) is 22.9 Å². The highest BCUT2D eigenvalue weighted by Crippen LogP contribution is 2.31. The first kappa shape index (κ1) is 18.3. The van der Waals surface area contributed by atoms with Gasteiger partial charge >= 0.3 is 0 Å². The number of hydrogen-bond acceptors (Lipinski definition) is 6. The Bertz CT molecular complexity index is 1020. The van der Waals surface area contributed by atoms with Gasteiger partial charge < -0.3 is 14.7 Å². The summed E-state index contributed by atoms with van der Waals surface area (Å²) >= 11 is 0. The Morgan fingerprint density at radius 1 is 1.25 bits per heavy atom. The smallest absolute Gasteiger partial charge is 0.138 e. The first-order valence-corrected chi connectivity index (χ1v) is 9.43. The maximum Gasteiger partial charge on any atom is 0.138 e. The Morgan fingerprint density at radius 3 is 2.68 bits per heavy atom. The molecule has 1 saturated heterocycles. The first-order chi connectivity index (χ1) is 13.4. The van der Waals surface area contributed by atoms with Crippen LogP contribution in [-0.4, -0.2) is 45.0 Å². The fourth-order valence-electron chi connectivity index (χ4n) is 3.42. The van der Waals surface area contributed by atoms with E-state index in [1.165, 1.54) is 12.8 Å².